The molecule has 0 aromatic carbocycles. The third-order valence-electron chi connectivity index (χ3n) is 2.56. The maximum absolute atomic E-state index is 11.4. The summed E-state index contributed by atoms with van der Waals surface area (Å²) >= 11 is 3.42. The maximum Gasteiger partial charge on any atom is 0.151 e. The number of rotatable bonds is 4. The summed E-state index contributed by atoms with van der Waals surface area (Å²) in [6.07, 6.45) is 3.67. The van der Waals surface area contributed by atoms with Gasteiger partial charge < -0.3 is 0 Å². The Kier molecular flexibility index (Phi) is 4.50. The van der Waals surface area contributed by atoms with Crippen LogP contribution in [0.15, 0.2) is 18.3 Å². The molecule has 1 rings (SSSR count). The topological polar surface area (TPSA) is 47.0 Å². The van der Waals surface area contributed by atoms with E-state index in [9.17, 15) is 8.42 Å². The van der Waals surface area contributed by atoms with Gasteiger partial charge in [-0.25, -0.2) is 8.42 Å². The summed E-state index contributed by atoms with van der Waals surface area (Å²) in [5.41, 5.74) is 2.01. The summed E-state index contributed by atoms with van der Waals surface area (Å²) in [5.74, 6) is 0. The summed E-state index contributed by atoms with van der Waals surface area (Å²) in [6, 6.07) is 3.91. The van der Waals surface area contributed by atoms with Crippen LogP contribution in [0.25, 0.3) is 0 Å². The van der Waals surface area contributed by atoms with E-state index in [1.807, 2.05) is 19.1 Å². The molecule has 2 unspecified atom stereocenters. The van der Waals surface area contributed by atoms with Crippen LogP contribution in [0, 0.1) is 6.92 Å². The third-order valence-corrected chi connectivity index (χ3v) is 5.71. The number of alkyl halides is 1. The molecule has 0 saturated carbocycles. The van der Waals surface area contributed by atoms with Gasteiger partial charge in [0.25, 0.3) is 0 Å². The summed E-state index contributed by atoms with van der Waals surface area (Å²) in [6.45, 7) is 3.68. The van der Waals surface area contributed by atoms with E-state index in [1.54, 1.807) is 13.1 Å². The lowest BCUT2D eigenvalue weighted by Gasteiger charge is -2.16. The molecule has 0 aliphatic carbocycles. The van der Waals surface area contributed by atoms with Gasteiger partial charge in [-0.2, -0.15) is 0 Å². The maximum atomic E-state index is 11.4. The highest BCUT2D eigenvalue weighted by Crippen LogP contribution is 2.17. The van der Waals surface area contributed by atoms with Crippen LogP contribution in [0.5, 0.6) is 0 Å². The smallest absolute Gasteiger partial charge is 0.151 e. The summed E-state index contributed by atoms with van der Waals surface area (Å²) < 4.78 is 22.7. The molecule has 1 aromatic heterocycles. The van der Waals surface area contributed by atoms with Crippen molar-refractivity contribution in [3.05, 3.63) is 29.6 Å². The molecule has 0 spiro atoms. The lowest BCUT2D eigenvalue weighted by molar-refractivity contribution is 0.586. The Labute approximate surface area is 105 Å². The van der Waals surface area contributed by atoms with Gasteiger partial charge in [0.1, 0.15) is 0 Å². The van der Waals surface area contributed by atoms with Crippen molar-refractivity contribution in [3.8, 4) is 0 Å². The molecule has 2 atom stereocenters. The summed E-state index contributed by atoms with van der Waals surface area (Å²) in [4.78, 5) is 4.16. The van der Waals surface area contributed by atoms with E-state index in [1.165, 1.54) is 6.26 Å². The van der Waals surface area contributed by atoms with Crippen LogP contribution in [0.3, 0.4) is 0 Å². The minimum atomic E-state index is -3.00. The molecule has 0 aliphatic rings. The molecule has 16 heavy (non-hydrogen) atoms. The van der Waals surface area contributed by atoms with Crippen molar-refractivity contribution in [3.63, 3.8) is 0 Å². The highest BCUT2D eigenvalue weighted by molar-refractivity contribution is 9.09. The lowest BCUT2D eigenvalue weighted by atomic mass is 10.1. The summed E-state index contributed by atoms with van der Waals surface area (Å²) in [7, 11) is -3.00. The molecule has 5 heteroatoms. The zero-order valence-electron chi connectivity index (χ0n) is 9.64. The molecule has 0 amide bonds. The van der Waals surface area contributed by atoms with E-state index in [0.717, 1.165) is 11.3 Å². The van der Waals surface area contributed by atoms with Crippen molar-refractivity contribution >= 4 is 25.8 Å². The van der Waals surface area contributed by atoms with Gasteiger partial charge in [0.15, 0.2) is 9.84 Å². The quantitative estimate of drug-likeness (QED) is 0.801. The van der Waals surface area contributed by atoms with Gasteiger partial charge in [-0.05, 0) is 25.5 Å². The minimum absolute atomic E-state index is 0.0993. The van der Waals surface area contributed by atoms with Crippen molar-refractivity contribution in [1.29, 1.82) is 0 Å². The van der Waals surface area contributed by atoms with Gasteiger partial charge in [-0.15, -0.1) is 0 Å². The van der Waals surface area contributed by atoms with Crippen molar-refractivity contribution in [2.24, 2.45) is 0 Å². The Hall–Kier alpha value is -0.420. The standard InChI is InChI=1S/C11H16BrNO2S/c1-8-4-5-10(13-7-8)6-11(12)9(2)16(3,14)15/h4-5,7,9,11H,6H2,1-3H3. The van der Waals surface area contributed by atoms with E-state index in [-0.39, 0.29) is 4.83 Å². The Morgan fingerprint density at radius 2 is 2.06 bits per heavy atom. The molecule has 0 aliphatic heterocycles. The second-order valence-electron chi connectivity index (χ2n) is 4.08. The van der Waals surface area contributed by atoms with Gasteiger partial charge in [-0.1, -0.05) is 22.0 Å². The molecular weight excluding hydrogens is 290 g/mol. The van der Waals surface area contributed by atoms with Crippen molar-refractivity contribution in [1.82, 2.24) is 4.98 Å². The number of aryl methyl sites for hydroxylation is 1. The number of nitrogens with zero attached hydrogens (tertiary/aromatic N) is 1. The van der Waals surface area contributed by atoms with Crippen molar-refractivity contribution < 1.29 is 8.42 Å². The lowest BCUT2D eigenvalue weighted by Crippen LogP contribution is -2.28. The minimum Gasteiger partial charge on any atom is -0.261 e. The largest absolute Gasteiger partial charge is 0.261 e. The Morgan fingerprint density at radius 1 is 1.44 bits per heavy atom. The van der Waals surface area contributed by atoms with Crippen LogP contribution in [-0.4, -0.2) is 29.7 Å². The van der Waals surface area contributed by atoms with Gasteiger partial charge in [-0.3, -0.25) is 4.98 Å². The molecule has 0 saturated heterocycles. The second-order valence-corrected chi connectivity index (χ2v) is 7.66. The number of aromatic nitrogens is 1. The fourth-order valence-corrected chi connectivity index (χ4v) is 3.39. The fraction of sp³-hybridized carbons (Fsp3) is 0.545. The van der Waals surface area contributed by atoms with E-state index < -0.39 is 15.1 Å². The number of hydrogen-bond donors (Lipinski definition) is 0. The summed E-state index contributed by atoms with van der Waals surface area (Å²) in [5, 5.41) is -0.407. The Balaban J connectivity index is 2.71. The molecule has 1 heterocycles. The molecular formula is C11H16BrNO2S. The van der Waals surface area contributed by atoms with Crippen LogP contribution < -0.4 is 0 Å². The number of halogens is 1. The van der Waals surface area contributed by atoms with Crippen LogP contribution in [0.1, 0.15) is 18.2 Å². The van der Waals surface area contributed by atoms with E-state index in [0.29, 0.717) is 6.42 Å². The average molecular weight is 306 g/mol. The highest BCUT2D eigenvalue weighted by atomic mass is 79.9. The van der Waals surface area contributed by atoms with Crippen molar-refractivity contribution in [2.75, 3.05) is 6.26 Å². The van der Waals surface area contributed by atoms with Crippen molar-refractivity contribution in [2.45, 2.75) is 30.3 Å². The monoisotopic (exact) mass is 305 g/mol. The first-order valence-corrected chi connectivity index (χ1v) is 7.92. The molecule has 1 aromatic rings. The molecule has 3 nitrogen and oxygen atoms in total. The number of sulfone groups is 1. The first-order chi connectivity index (χ1) is 7.30. The van der Waals surface area contributed by atoms with Gasteiger partial charge in [0, 0.05) is 29.4 Å². The molecule has 0 bridgehead atoms. The first-order valence-electron chi connectivity index (χ1n) is 5.05. The highest BCUT2D eigenvalue weighted by Gasteiger charge is 2.24. The van der Waals surface area contributed by atoms with Crippen LogP contribution >= 0.6 is 15.9 Å². The van der Waals surface area contributed by atoms with Gasteiger partial charge in [0.05, 0.1) is 5.25 Å². The fourth-order valence-electron chi connectivity index (χ4n) is 1.25. The second kappa shape index (κ2) is 5.27. The predicted molar refractivity (Wildman–Crippen MR) is 69.7 cm³/mol. The SMILES string of the molecule is Cc1ccc(CC(Br)C(C)S(C)(=O)=O)nc1. The van der Waals surface area contributed by atoms with E-state index in [4.69, 9.17) is 0 Å². The van der Waals surface area contributed by atoms with Crippen LogP contribution in [-0.2, 0) is 16.3 Å². The first kappa shape index (κ1) is 13.6. The Bertz CT molecular complexity index is 442. The zero-order chi connectivity index (χ0) is 12.3. The van der Waals surface area contributed by atoms with Gasteiger partial charge in [0.2, 0.25) is 0 Å². The van der Waals surface area contributed by atoms with Gasteiger partial charge >= 0.3 is 0 Å². The van der Waals surface area contributed by atoms with E-state index >= 15 is 0 Å². The number of pyridine rings is 1. The molecule has 0 N–H and O–H groups in total. The van der Waals surface area contributed by atoms with Crippen LogP contribution in [0.2, 0.25) is 0 Å². The predicted octanol–water partition coefficient (Wildman–Crippen LogP) is 2.13. The molecule has 90 valence electrons. The zero-order valence-corrected chi connectivity index (χ0v) is 12.0. The molecule has 0 fully saturated rings. The van der Waals surface area contributed by atoms with E-state index in [2.05, 4.69) is 20.9 Å². The molecule has 0 radical (unpaired) electrons. The third kappa shape index (κ3) is 3.87. The average Bonchev–Trinajstić information content (AvgIpc) is 2.19. The number of hydrogen-bond acceptors (Lipinski definition) is 3. The van der Waals surface area contributed by atoms with Crippen LogP contribution in [0.4, 0.5) is 0 Å². The Morgan fingerprint density at radius 3 is 2.50 bits per heavy atom. The normalized spacial score (nSPS) is 15.8.